The standard InChI is InChI=1S/C19H18F3N5O4S/c1-31-14-13-15(24-9-23-14)32-16(25-13)26-17(29)27-6-5-18(30,12(28)8-27)10-3-2-4-11(7-10)19(20,21)22/h2-4,7,9,12,28,30H,5-6,8H2,1H3,(H,25,26,29)/t12-,18-/m1/s1. The van der Waals surface area contributed by atoms with E-state index in [0.29, 0.717) is 10.3 Å². The molecule has 1 aromatic carbocycles. The van der Waals surface area contributed by atoms with E-state index in [1.807, 2.05) is 0 Å². The summed E-state index contributed by atoms with van der Waals surface area (Å²) in [6.07, 6.45) is -4.92. The number of fused-ring (bicyclic) bond motifs is 1. The fourth-order valence-corrected chi connectivity index (χ4v) is 4.30. The Kier molecular flexibility index (Phi) is 5.65. The molecule has 2 aromatic heterocycles. The van der Waals surface area contributed by atoms with Gasteiger partial charge in [-0.1, -0.05) is 23.5 Å². The number of aliphatic hydroxyl groups is 2. The lowest BCUT2D eigenvalue weighted by molar-refractivity contribution is -0.138. The Bertz CT molecular complexity index is 1160. The summed E-state index contributed by atoms with van der Waals surface area (Å²) in [5.41, 5.74) is -2.52. The molecule has 0 aliphatic carbocycles. The van der Waals surface area contributed by atoms with E-state index in [2.05, 4.69) is 20.3 Å². The number of aromatic nitrogens is 3. The molecule has 3 N–H and O–H groups in total. The highest BCUT2D eigenvalue weighted by Gasteiger charge is 2.44. The third-order valence-electron chi connectivity index (χ3n) is 5.25. The molecule has 3 aromatic rings. The summed E-state index contributed by atoms with van der Waals surface area (Å²) < 4.78 is 44.2. The van der Waals surface area contributed by atoms with Crippen molar-refractivity contribution < 1.29 is 32.9 Å². The summed E-state index contributed by atoms with van der Waals surface area (Å²) in [6, 6.07) is 3.62. The Hall–Kier alpha value is -3.03. The van der Waals surface area contributed by atoms with Crippen molar-refractivity contribution in [2.75, 3.05) is 25.5 Å². The minimum absolute atomic E-state index is 0.00363. The SMILES string of the molecule is COc1ncnc2sc(NC(=O)N3CC[C@@](O)(c4cccc(C(F)(F)F)c4)[C@H](O)C3)nc12. The molecule has 2 amide bonds. The van der Waals surface area contributed by atoms with Gasteiger partial charge < -0.3 is 19.8 Å². The van der Waals surface area contributed by atoms with Crippen molar-refractivity contribution in [3.05, 3.63) is 41.7 Å². The number of rotatable bonds is 3. The number of nitrogens with zero attached hydrogens (tertiary/aromatic N) is 4. The van der Waals surface area contributed by atoms with Gasteiger partial charge in [-0.3, -0.25) is 5.32 Å². The molecule has 32 heavy (non-hydrogen) atoms. The lowest BCUT2D eigenvalue weighted by Crippen LogP contribution is -2.55. The molecular formula is C19H18F3N5O4S. The number of amides is 2. The van der Waals surface area contributed by atoms with Gasteiger partial charge in [0, 0.05) is 13.0 Å². The number of nitrogens with one attached hydrogen (secondary N) is 1. The van der Waals surface area contributed by atoms with Gasteiger partial charge in [0.15, 0.2) is 15.5 Å². The first kappa shape index (κ1) is 22.2. The van der Waals surface area contributed by atoms with Crippen LogP contribution < -0.4 is 10.1 Å². The van der Waals surface area contributed by atoms with E-state index in [4.69, 9.17) is 4.74 Å². The van der Waals surface area contributed by atoms with Crippen LogP contribution in [0.15, 0.2) is 30.6 Å². The highest BCUT2D eigenvalue weighted by molar-refractivity contribution is 7.22. The van der Waals surface area contributed by atoms with Gasteiger partial charge in [0.2, 0.25) is 5.88 Å². The Morgan fingerprint density at radius 3 is 2.84 bits per heavy atom. The maximum atomic E-state index is 13.0. The number of alkyl halides is 3. The molecule has 3 heterocycles. The van der Waals surface area contributed by atoms with Crippen molar-refractivity contribution in [1.29, 1.82) is 0 Å². The molecule has 13 heteroatoms. The Morgan fingerprint density at radius 2 is 2.16 bits per heavy atom. The zero-order chi connectivity index (χ0) is 23.1. The summed E-state index contributed by atoms with van der Waals surface area (Å²) in [7, 11) is 1.43. The molecule has 0 radical (unpaired) electrons. The number of anilines is 1. The first-order valence-corrected chi connectivity index (χ1v) is 10.2. The quantitative estimate of drug-likeness (QED) is 0.539. The van der Waals surface area contributed by atoms with Crippen molar-refractivity contribution in [3.8, 4) is 5.88 Å². The molecule has 1 aliphatic rings. The number of β-amino-alcohol motifs (C(OH)–C–C–N with tert-alkyl or cyclic N) is 1. The van der Waals surface area contributed by atoms with Gasteiger partial charge >= 0.3 is 12.2 Å². The van der Waals surface area contributed by atoms with Crippen LogP contribution in [-0.2, 0) is 11.8 Å². The average molecular weight is 469 g/mol. The number of aliphatic hydroxyl groups excluding tert-OH is 1. The van der Waals surface area contributed by atoms with E-state index in [1.54, 1.807) is 0 Å². The molecular weight excluding hydrogens is 451 g/mol. The van der Waals surface area contributed by atoms with E-state index in [-0.39, 0.29) is 36.1 Å². The third-order valence-corrected chi connectivity index (χ3v) is 6.13. The number of carbonyl (C=O) groups excluding carboxylic acids is 1. The van der Waals surface area contributed by atoms with E-state index < -0.39 is 29.5 Å². The van der Waals surface area contributed by atoms with Crippen LogP contribution in [0.25, 0.3) is 10.3 Å². The maximum absolute atomic E-state index is 13.0. The molecule has 1 aliphatic heterocycles. The van der Waals surface area contributed by atoms with Crippen molar-refractivity contribution >= 4 is 32.8 Å². The number of hydrogen-bond acceptors (Lipinski definition) is 8. The van der Waals surface area contributed by atoms with E-state index >= 15 is 0 Å². The monoisotopic (exact) mass is 469 g/mol. The largest absolute Gasteiger partial charge is 0.479 e. The van der Waals surface area contributed by atoms with Gasteiger partial charge in [-0.2, -0.15) is 18.2 Å². The lowest BCUT2D eigenvalue weighted by Gasteiger charge is -2.42. The van der Waals surface area contributed by atoms with E-state index in [1.165, 1.54) is 30.5 Å². The number of halogens is 3. The number of benzene rings is 1. The van der Waals surface area contributed by atoms with Gasteiger partial charge in [0.25, 0.3) is 0 Å². The Morgan fingerprint density at radius 1 is 1.38 bits per heavy atom. The van der Waals surface area contributed by atoms with Crippen molar-refractivity contribution in [2.45, 2.75) is 24.3 Å². The Balaban J connectivity index is 1.48. The highest BCUT2D eigenvalue weighted by Crippen LogP contribution is 2.37. The smallest absolute Gasteiger partial charge is 0.416 e. The fraction of sp³-hybridized carbons (Fsp3) is 0.368. The molecule has 0 bridgehead atoms. The zero-order valence-corrected chi connectivity index (χ0v) is 17.4. The van der Waals surface area contributed by atoms with Crippen LogP contribution in [0.2, 0.25) is 0 Å². The van der Waals surface area contributed by atoms with Gasteiger partial charge in [-0.05, 0) is 17.7 Å². The fourth-order valence-electron chi connectivity index (χ4n) is 3.52. The molecule has 2 atom stereocenters. The average Bonchev–Trinajstić information content (AvgIpc) is 3.17. The molecule has 0 saturated carbocycles. The van der Waals surface area contributed by atoms with Crippen LogP contribution in [0, 0.1) is 0 Å². The molecule has 9 nitrogen and oxygen atoms in total. The third kappa shape index (κ3) is 4.06. The van der Waals surface area contributed by atoms with Crippen LogP contribution in [0.1, 0.15) is 17.5 Å². The summed E-state index contributed by atoms with van der Waals surface area (Å²) in [5, 5.41) is 24.3. The highest BCUT2D eigenvalue weighted by atomic mass is 32.1. The minimum Gasteiger partial charge on any atom is -0.479 e. The van der Waals surface area contributed by atoms with E-state index in [9.17, 15) is 28.2 Å². The molecule has 1 fully saturated rings. The van der Waals surface area contributed by atoms with Crippen LogP contribution in [0.4, 0.5) is 23.1 Å². The molecule has 0 unspecified atom stereocenters. The second-order valence-electron chi connectivity index (χ2n) is 7.20. The molecule has 170 valence electrons. The Labute approximate surface area is 183 Å². The lowest BCUT2D eigenvalue weighted by atomic mass is 9.81. The first-order chi connectivity index (χ1) is 15.1. The number of ether oxygens (including phenoxy) is 1. The summed E-state index contributed by atoms with van der Waals surface area (Å²) in [6.45, 7) is -0.281. The zero-order valence-electron chi connectivity index (χ0n) is 16.6. The molecule has 0 spiro atoms. The molecule has 4 rings (SSSR count). The predicted octanol–water partition coefficient (Wildman–Crippen LogP) is 2.60. The van der Waals surface area contributed by atoms with Crippen LogP contribution >= 0.6 is 11.3 Å². The number of hydrogen-bond donors (Lipinski definition) is 3. The van der Waals surface area contributed by atoms with Gasteiger partial charge in [0.05, 0.1) is 19.2 Å². The number of piperidine rings is 1. The topological polar surface area (TPSA) is 121 Å². The first-order valence-electron chi connectivity index (χ1n) is 9.41. The maximum Gasteiger partial charge on any atom is 0.416 e. The van der Waals surface area contributed by atoms with Crippen molar-refractivity contribution in [3.63, 3.8) is 0 Å². The number of likely N-dealkylation sites (tertiary alicyclic amines) is 1. The van der Waals surface area contributed by atoms with Crippen LogP contribution in [0.5, 0.6) is 5.88 Å². The second-order valence-corrected chi connectivity index (χ2v) is 8.18. The van der Waals surface area contributed by atoms with Gasteiger partial charge in [-0.15, -0.1) is 0 Å². The second kappa shape index (κ2) is 8.15. The number of methoxy groups -OCH3 is 1. The number of thiazole rings is 1. The van der Waals surface area contributed by atoms with Crippen molar-refractivity contribution in [2.24, 2.45) is 0 Å². The minimum atomic E-state index is -4.58. The summed E-state index contributed by atoms with van der Waals surface area (Å²) in [4.78, 5) is 26.7. The predicted molar refractivity (Wildman–Crippen MR) is 108 cm³/mol. The van der Waals surface area contributed by atoms with Crippen molar-refractivity contribution in [1.82, 2.24) is 19.9 Å². The van der Waals surface area contributed by atoms with Gasteiger partial charge in [0.1, 0.15) is 18.0 Å². The van der Waals surface area contributed by atoms with Crippen LogP contribution in [-0.4, -0.2) is 62.4 Å². The summed E-state index contributed by atoms with van der Waals surface area (Å²) in [5.74, 6) is 0.256. The molecule has 1 saturated heterocycles. The normalized spacial score (nSPS) is 21.6. The van der Waals surface area contributed by atoms with E-state index in [0.717, 1.165) is 23.5 Å². The number of carbonyl (C=O) groups is 1. The van der Waals surface area contributed by atoms with Crippen LogP contribution in [0.3, 0.4) is 0 Å². The van der Waals surface area contributed by atoms with Gasteiger partial charge in [-0.25, -0.2) is 14.8 Å². The summed E-state index contributed by atoms with van der Waals surface area (Å²) >= 11 is 1.10. The number of urea groups is 1.